The lowest BCUT2D eigenvalue weighted by molar-refractivity contribution is -0.703. The molecule has 0 fully saturated rings. The number of furan rings is 1. The van der Waals surface area contributed by atoms with Crippen molar-refractivity contribution in [3.8, 4) is 11.3 Å². The van der Waals surface area contributed by atoms with Crippen molar-refractivity contribution in [2.45, 2.75) is 32.9 Å². The quantitative estimate of drug-likeness (QED) is 0.899. The summed E-state index contributed by atoms with van der Waals surface area (Å²) in [4.78, 5) is 0. The number of hydrogen-bond donors (Lipinski definition) is 1. The number of rotatable bonds is 5. The molecule has 0 aliphatic rings. The van der Waals surface area contributed by atoms with Crippen LogP contribution in [-0.4, -0.2) is 6.04 Å². The van der Waals surface area contributed by atoms with Gasteiger partial charge in [-0.25, -0.2) is 0 Å². The average molecular weight is 309 g/mol. The van der Waals surface area contributed by atoms with Gasteiger partial charge in [-0.3, -0.25) is 0 Å². The van der Waals surface area contributed by atoms with E-state index >= 15 is 0 Å². The predicted octanol–water partition coefficient (Wildman–Crippen LogP) is 3.57. The molecule has 18 heavy (non-hydrogen) atoms. The van der Waals surface area contributed by atoms with Gasteiger partial charge in [0.25, 0.3) is 0 Å². The lowest BCUT2D eigenvalue weighted by Crippen LogP contribution is -2.87. The summed E-state index contributed by atoms with van der Waals surface area (Å²) in [6.45, 7) is 5.35. The molecule has 0 unspecified atom stereocenters. The molecule has 0 aliphatic carbocycles. The highest BCUT2D eigenvalue weighted by Crippen LogP contribution is 2.23. The summed E-state index contributed by atoms with van der Waals surface area (Å²) in [5, 5.41) is 2.31. The fourth-order valence-corrected chi connectivity index (χ4v) is 2.01. The van der Waals surface area contributed by atoms with E-state index in [0.717, 1.165) is 28.1 Å². The molecule has 0 radical (unpaired) electrons. The molecule has 1 heterocycles. The summed E-state index contributed by atoms with van der Waals surface area (Å²) in [7, 11) is 0. The van der Waals surface area contributed by atoms with Crippen molar-refractivity contribution < 1.29 is 9.73 Å². The minimum Gasteiger partial charge on any atom is -0.455 e. The van der Waals surface area contributed by atoms with Gasteiger partial charge >= 0.3 is 0 Å². The zero-order valence-corrected chi connectivity index (χ0v) is 12.4. The van der Waals surface area contributed by atoms with Crippen molar-refractivity contribution >= 4 is 15.9 Å². The van der Waals surface area contributed by atoms with Crippen LogP contribution in [0.25, 0.3) is 11.3 Å². The van der Waals surface area contributed by atoms with Crippen LogP contribution < -0.4 is 5.32 Å². The molecule has 96 valence electrons. The summed E-state index contributed by atoms with van der Waals surface area (Å²) in [6.07, 6.45) is 1.18. The molecule has 0 bridgehead atoms. The fourth-order valence-electron chi connectivity index (χ4n) is 1.74. The summed E-state index contributed by atoms with van der Waals surface area (Å²) in [5.74, 6) is 1.98. The molecule has 1 aromatic heterocycles. The van der Waals surface area contributed by atoms with Crippen molar-refractivity contribution in [3.05, 3.63) is 46.6 Å². The van der Waals surface area contributed by atoms with Crippen LogP contribution >= 0.6 is 15.9 Å². The molecule has 2 rings (SSSR count). The van der Waals surface area contributed by atoms with Gasteiger partial charge in [-0.05, 0) is 37.6 Å². The van der Waals surface area contributed by atoms with E-state index in [-0.39, 0.29) is 0 Å². The van der Waals surface area contributed by atoms with E-state index in [4.69, 9.17) is 4.42 Å². The van der Waals surface area contributed by atoms with Crippen LogP contribution in [-0.2, 0) is 6.54 Å². The van der Waals surface area contributed by atoms with Crippen LogP contribution in [0.5, 0.6) is 0 Å². The Hall–Kier alpha value is -1.06. The van der Waals surface area contributed by atoms with E-state index in [0.29, 0.717) is 6.04 Å². The molecule has 0 saturated heterocycles. The first-order chi connectivity index (χ1) is 8.69. The minimum atomic E-state index is 0.645. The Morgan fingerprint density at radius 3 is 2.56 bits per heavy atom. The predicted molar refractivity (Wildman–Crippen MR) is 77.2 cm³/mol. The van der Waals surface area contributed by atoms with Gasteiger partial charge in [0.2, 0.25) is 0 Å². The first-order valence-electron chi connectivity index (χ1n) is 6.37. The van der Waals surface area contributed by atoms with Crippen LogP contribution in [0.15, 0.2) is 45.3 Å². The molecular weight excluding hydrogens is 290 g/mol. The summed E-state index contributed by atoms with van der Waals surface area (Å²) in [6, 6.07) is 12.9. The Morgan fingerprint density at radius 2 is 1.89 bits per heavy atom. The van der Waals surface area contributed by atoms with Crippen LogP contribution in [0, 0.1) is 0 Å². The van der Waals surface area contributed by atoms with Gasteiger partial charge < -0.3 is 9.73 Å². The van der Waals surface area contributed by atoms with Crippen LogP contribution in [0.1, 0.15) is 26.0 Å². The first-order valence-corrected chi connectivity index (χ1v) is 7.16. The average Bonchev–Trinajstić information content (AvgIpc) is 2.85. The van der Waals surface area contributed by atoms with E-state index in [1.807, 2.05) is 18.2 Å². The van der Waals surface area contributed by atoms with Crippen molar-refractivity contribution in [1.29, 1.82) is 0 Å². The van der Waals surface area contributed by atoms with Crippen molar-refractivity contribution in [1.82, 2.24) is 0 Å². The molecule has 2 N–H and O–H groups in total. The smallest absolute Gasteiger partial charge is 0.158 e. The van der Waals surface area contributed by atoms with Crippen LogP contribution in [0.4, 0.5) is 0 Å². The first kappa shape index (κ1) is 13.4. The molecule has 0 spiro atoms. The molecule has 2 aromatic rings. The highest BCUT2D eigenvalue weighted by Gasteiger charge is 2.07. The molecule has 0 aliphatic heterocycles. The van der Waals surface area contributed by atoms with E-state index in [1.165, 1.54) is 6.42 Å². The van der Waals surface area contributed by atoms with Gasteiger partial charge in [-0.15, -0.1) is 0 Å². The Labute approximate surface area is 117 Å². The third-order valence-corrected chi connectivity index (χ3v) is 3.68. The Morgan fingerprint density at radius 1 is 1.17 bits per heavy atom. The highest BCUT2D eigenvalue weighted by atomic mass is 79.9. The van der Waals surface area contributed by atoms with Gasteiger partial charge in [-0.2, -0.15) is 0 Å². The molecule has 1 aromatic carbocycles. The van der Waals surface area contributed by atoms with Gasteiger partial charge in [0, 0.05) is 10.0 Å². The summed E-state index contributed by atoms with van der Waals surface area (Å²) in [5.41, 5.74) is 1.12. The van der Waals surface area contributed by atoms with Crippen LogP contribution in [0.2, 0.25) is 0 Å². The molecule has 1 atom stereocenters. The SMILES string of the molecule is CC[C@@H](C)[NH2+]Cc1ccc(-c2ccc(Br)cc2)o1. The normalized spacial score (nSPS) is 12.6. The molecule has 2 nitrogen and oxygen atoms in total. The van der Waals surface area contributed by atoms with Crippen molar-refractivity contribution in [3.63, 3.8) is 0 Å². The molecule has 0 saturated carbocycles. The van der Waals surface area contributed by atoms with Gasteiger partial charge in [0.1, 0.15) is 12.3 Å². The maximum absolute atomic E-state index is 5.86. The van der Waals surface area contributed by atoms with E-state index < -0.39 is 0 Å². The number of nitrogens with two attached hydrogens (primary N) is 1. The second kappa shape index (κ2) is 6.21. The Balaban J connectivity index is 2.03. The maximum atomic E-state index is 5.86. The minimum absolute atomic E-state index is 0.645. The third kappa shape index (κ3) is 3.47. The number of benzene rings is 1. The molecule has 0 amide bonds. The van der Waals surface area contributed by atoms with E-state index in [2.05, 4.69) is 53.3 Å². The summed E-state index contributed by atoms with van der Waals surface area (Å²) >= 11 is 3.44. The molecular formula is C15H19BrNO+. The Bertz CT molecular complexity index is 489. The second-order valence-electron chi connectivity index (χ2n) is 4.60. The zero-order valence-electron chi connectivity index (χ0n) is 10.8. The van der Waals surface area contributed by atoms with Crippen molar-refractivity contribution in [2.75, 3.05) is 0 Å². The lowest BCUT2D eigenvalue weighted by Gasteiger charge is -2.05. The van der Waals surface area contributed by atoms with Crippen LogP contribution in [0.3, 0.4) is 0 Å². The van der Waals surface area contributed by atoms with E-state index in [1.54, 1.807) is 0 Å². The highest BCUT2D eigenvalue weighted by molar-refractivity contribution is 9.10. The second-order valence-corrected chi connectivity index (χ2v) is 5.51. The third-order valence-electron chi connectivity index (χ3n) is 3.16. The number of quaternary nitrogens is 1. The number of hydrogen-bond acceptors (Lipinski definition) is 1. The Kier molecular flexibility index (Phi) is 4.61. The van der Waals surface area contributed by atoms with Gasteiger partial charge in [0.05, 0.1) is 6.04 Å². The fraction of sp³-hybridized carbons (Fsp3) is 0.333. The van der Waals surface area contributed by atoms with Gasteiger partial charge in [-0.1, -0.05) is 35.0 Å². The van der Waals surface area contributed by atoms with Crippen molar-refractivity contribution in [2.24, 2.45) is 0 Å². The topological polar surface area (TPSA) is 29.8 Å². The van der Waals surface area contributed by atoms with E-state index in [9.17, 15) is 0 Å². The monoisotopic (exact) mass is 308 g/mol. The lowest BCUT2D eigenvalue weighted by atomic mass is 10.2. The zero-order chi connectivity index (χ0) is 13.0. The summed E-state index contributed by atoms with van der Waals surface area (Å²) < 4.78 is 6.94. The maximum Gasteiger partial charge on any atom is 0.158 e. The number of halogens is 1. The largest absolute Gasteiger partial charge is 0.455 e. The van der Waals surface area contributed by atoms with Gasteiger partial charge in [0.15, 0.2) is 5.76 Å². The molecule has 3 heteroatoms. The standard InChI is InChI=1S/C15H18BrNO/c1-3-11(2)17-10-14-8-9-15(18-14)12-4-6-13(16)7-5-12/h4-9,11,17H,3,10H2,1-2H3/p+1/t11-/m1/s1.